The number of nitrogens with one attached hydrogen (secondary N) is 2. The van der Waals surface area contributed by atoms with E-state index in [0.29, 0.717) is 31.1 Å². The highest BCUT2D eigenvalue weighted by Crippen LogP contribution is 2.23. The van der Waals surface area contributed by atoms with Crippen LogP contribution >= 0.6 is 24.0 Å². The molecule has 1 fully saturated rings. The van der Waals surface area contributed by atoms with E-state index in [1.807, 2.05) is 0 Å². The highest BCUT2D eigenvalue weighted by atomic mass is 127. The van der Waals surface area contributed by atoms with Gasteiger partial charge in [0.2, 0.25) is 0 Å². The van der Waals surface area contributed by atoms with Crippen LogP contribution in [0.2, 0.25) is 0 Å². The van der Waals surface area contributed by atoms with Crippen molar-refractivity contribution in [3.8, 4) is 0 Å². The van der Waals surface area contributed by atoms with Gasteiger partial charge in [-0.3, -0.25) is 14.8 Å². The normalized spacial score (nSPS) is 17.1. The summed E-state index contributed by atoms with van der Waals surface area (Å²) < 4.78 is 37.3. The minimum absolute atomic E-state index is 0. The molecule has 0 amide bonds. The zero-order chi connectivity index (χ0) is 21.2. The Morgan fingerprint density at radius 1 is 1.07 bits per heavy atom. The quantitative estimate of drug-likeness (QED) is 0.193. The summed E-state index contributed by atoms with van der Waals surface area (Å²) in [6.07, 6.45) is -0.397. The van der Waals surface area contributed by atoms with E-state index in [1.54, 1.807) is 7.05 Å². The number of hydrogen-bond acceptors (Lipinski definition) is 3. The Hall–Kier alpha value is -0.290. The molecule has 0 atom stereocenters. The molecular weight excluding hydrogens is 494 g/mol. The lowest BCUT2D eigenvalue weighted by atomic mass is 9.93. The van der Waals surface area contributed by atoms with Crippen molar-refractivity contribution >= 4 is 29.9 Å². The molecule has 0 aliphatic carbocycles. The van der Waals surface area contributed by atoms with Gasteiger partial charge < -0.3 is 10.6 Å². The fraction of sp³-hybridized carbons (Fsp3) is 0.950. The van der Waals surface area contributed by atoms with Crippen molar-refractivity contribution in [1.82, 2.24) is 20.4 Å². The average molecular weight is 535 g/mol. The number of alkyl halides is 3. The van der Waals surface area contributed by atoms with Crippen molar-refractivity contribution in [2.24, 2.45) is 10.9 Å². The van der Waals surface area contributed by atoms with Crippen LogP contribution in [-0.4, -0.2) is 80.3 Å². The SMILES string of the molecule is CN=C(NCCCN(C(C)C)C(C)C)NCCC1CCN(CC(F)(F)F)CC1.I. The van der Waals surface area contributed by atoms with Gasteiger partial charge in [0.25, 0.3) is 0 Å². The van der Waals surface area contributed by atoms with E-state index in [4.69, 9.17) is 0 Å². The van der Waals surface area contributed by atoms with Gasteiger partial charge in [-0.1, -0.05) is 0 Å². The molecule has 1 aliphatic heterocycles. The summed E-state index contributed by atoms with van der Waals surface area (Å²) in [5.74, 6) is 1.29. The van der Waals surface area contributed by atoms with E-state index in [-0.39, 0.29) is 24.0 Å². The van der Waals surface area contributed by atoms with E-state index >= 15 is 0 Å². The van der Waals surface area contributed by atoms with Crippen molar-refractivity contribution in [1.29, 1.82) is 0 Å². The van der Waals surface area contributed by atoms with E-state index in [0.717, 1.165) is 51.3 Å². The molecule has 0 spiro atoms. The van der Waals surface area contributed by atoms with E-state index < -0.39 is 12.7 Å². The molecule has 0 aromatic rings. The minimum atomic E-state index is -4.09. The third-order valence-electron chi connectivity index (χ3n) is 5.39. The van der Waals surface area contributed by atoms with Crippen LogP contribution in [0.15, 0.2) is 4.99 Å². The molecule has 0 aromatic carbocycles. The predicted octanol–water partition coefficient (Wildman–Crippen LogP) is 3.94. The van der Waals surface area contributed by atoms with Crippen LogP contribution < -0.4 is 10.6 Å². The monoisotopic (exact) mass is 535 g/mol. The minimum Gasteiger partial charge on any atom is -0.356 e. The topological polar surface area (TPSA) is 42.9 Å². The lowest BCUT2D eigenvalue weighted by molar-refractivity contribution is -0.148. The zero-order valence-corrected chi connectivity index (χ0v) is 21.0. The molecule has 2 N–H and O–H groups in total. The number of guanidine groups is 1. The number of halogens is 4. The van der Waals surface area contributed by atoms with Crippen molar-refractivity contribution < 1.29 is 13.2 Å². The Morgan fingerprint density at radius 3 is 2.10 bits per heavy atom. The van der Waals surface area contributed by atoms with Crippen LogP contribution in [0, 0.1) is 5.92 Å². The summed E-state index contributed by atoms with van der Waals surface area (Å²) in [7, 11) is 1.76. The number of nitrogens with zero attached hydrogens (tertiary/aromatic N) is 3. The molecule has 0 aromatic heterocycles. The van der Waals surface area contributed by atoms with Gasteiger partial charge in [-0.05, 0) is 72.4 Å². The van der Waals surface area contributed by atoms with Gasteiger partial charge in [0.15, 0.2) is 5.96 Å². The Kier molecular flexibility index (Phi) is 14.5. The van der Waals surface area contributed by atoms with E-state index in [9.17, 15) is 13.2 Å². The van der Waals surface area contributed by atoms with Crippen LogP contribution in [0.3, 0.4) is 0 Å². The molecule has 0 bridgehead atoms. The molecule has 0 unspecified atom stereocenters. The highest BCUT2D eigenvalue weighted by molar-refractivity contribution is 14.0. The van der Waals surface area contributed by atoms with Crippen molar-refractivity contribution in [3.63, 3.8) is 0 Å². The molecule has 1 aliphatic rings. The number of piperidine rings is 1. The van der Waals surface area contributed by atoms with E-state index in [2.05, 4.69) is 48.2 Å². The molecule has 174 valence electrons. The largest absolute Gasteiger partial charge is 0.401 e. The molecule has 1 heterocycles. The third-order valence-corrected chi connectivity index (χ3v) is 5.39. The molecule has 0 radical (unpaired) electrons. The smallest absolute Gasteiger partial charge is 0.356 e. The van der Waals surface area contributed by atoms with Gasteiger partial charge in [0.05, 0.1) is 6.54 Å². The Balaban J connectivity index is 0.00000784. The van der Waals surface area contributed by atoms with Crippen LogP contribution in [0.5, 0.6) is 0 Å². The summed E-state index contributed by atoms with van der Waals surface area (Å²) in [4.78, 5) is 8.25. The molecule has 1 rings (SSSR count). The second-order valence-electron chi connectivity index (χ2n) is 8.33. The third kappa shape index (κ3) is 12.9. The van der Waals surface area contributed by atoms with Crippen LogP contribution in [0.4, 0.5) is 13.2 Å². The van der Waals surface area contributed by atoms with Crippen LogP contribution in [0.1, 0.15) is 53.4 Å². The summed E-state index contributed by atoms with van der Waals surface area (Å²) in [5, 5.41) is 6.68. The van der Waals surface area contributed by atoms with Crippen molar-refractivity contribution in [3.05, 3.63) is 0 Å². The summed E-state index contributed by atoms with van der Waals surface area (Å²) in [6.45, 7) is 11.9. The molecule has 9 heteroatoms. The number of aliphatic imine (C=N–C) groups is 1. The Labute approximate surface area is 192 Å². The second kappa shape index (κ2) is 14.7. The summed E-state index contributed by atoms with van der Waals surface area (Å²) >= 11 is 0. The van der Waals surface area contributed by atoms with Crippen LogP contribution in [-0.2, 0) is 0 Å². The number of hydrogen-bond donors (Lipinski definition) is 2. The predicted molar refractivity (Wildman–Crippen MR) is 126 cm³/mol. The van der Waals surface area contributed by atoms with Crippen molar-refractivity contribution in [2.75, 3.05) is 46.3 Å². The standard InChI is InChI=1S/C20H40F3N5.HI/c1-16(2)28(17(3)4)12-6-10-25-19(24-5)26-11-7-18-8-13-27(14-9-18)15-20(21,22)23;/h16-18H,6-15H2,1-5H3,(H2,24,25,26);1H. The van der Waals surface area contributed by atoms with Gasteiger partial charge in [0.1, 0.15) is 0 Å². The fourth-order valence-corrected chi connectivity index (χ4v) is 3.88. The molecule has 5 nitrogen and oxygen atoms in total. The lowest BCUT2D eigenvalue weighted by Gasteiger charge is -2.32. The second-order valence-corrected chi connectivity index (χ2v) is 8.33. The summed E-state index contributed by atoms with van der Waals surface area (Å²) in [6, 6.07) is 1.08. The summed E-state index contributed by atoms with van der Waals surface area (Å²) in [5.41, 5.74) is 0. The van der Waals surface area contributed by atoms with Crippen molar-refractivity contribution in [2.45, 2.75) is 71.6 Å². The first-order valence-corrected chi connectivity index (χ1v) is 10.6. The molecule has 1 saturated heterocycles. The highest BCUT2D eigenvalue weighted by Gasteiger charge is 2.32. The zero-order valence-electron chi connectivity index (χ0n) is 18.7. The van der Waals surface area contributed by atoms with Gasteiger partial charge in [-0.25, -0.2) is 0 Å². The first kappa shape index (κ1) is 28.7. The molecule has 29 heavy (non-hydrogen) atoms. The Morgan fingerprint density at radius 2 is 1.62 bits per heavy atom. The van der Waals surface area contributed by atoms with Crippen LogP contribution in [0.25, 0.3) is 0 Å². The van der Waals surface area contributed by atoms with Gasteiger partial charge in [0, 0.05) is 38.8 Å². The first-order valence-electron chi connectivity index (χ1n) is 10.6. The fourth-order valence-electron chi connectivity index (χ4n) is 3.88. The number of rotatable bonds is 10. The van der Waals surface area contributed by atoms with Gasteiger partial charge in [-0.2, -0.15) is 13.2 Å². The maximum atomic E-state index is 12.4. The van der Waals surface area contributed by atoms with E-state index in [1.165, 1.54) is 4.90 Å². The maximum absolute atomic E-state index is 12.4. The van der Waals surface area contributed by atoms with Gasteiger partial charge >= 0.3 is 6.18 Å². The average Bonchev–Trinajstić information content (AvgIpc) is 2.59. The lowest BCUT2D eigenvalue weighted by Crippen LogP contribution is -2.42. The first-order chi connectivity index (χ1) is 13.1. The van der Waals surface area contributed by atoms with Gasteiger partial charge in [-0.15, -0.1) is 24.0 Å². The Bertz CT molecular complexity index is 442. The number of likely N-dealkylation sites (tertiary alicyclic amines) is 1. The maximum Gasteiger partial charge on any atom is 0.401 e. The molecular formula is C20H41F3IN5. The molecule has 0 saturated carbocycles.